The van der Waals surface area contributed by atoms with E-state index in [9.17, 15) is 0 Å². The summed E-state index contributed by atoms with van der Waals surface area (Å²) in [7, 11) is 1.67. The molecule has 1 aromatic rings. The highest BCUT2D eigenvalue weighted by atomic mass is 79.9. The third-order valence-corrected chi connectivity index (χ3v) is 3.88. The van der Waals surface area contributed by atoms with Gasteiger partial charge in [-0.15, -0.1) is 0 Å². The van der Waals surface area contributed by atoms with Gasteiger partial charge in [-0.25, -0.2) is 0 Å². The van der Waals surface area contributed by atoms with Crippen LogP contribution in [0.25, 0.3) is 0 Å². The number of benzene rings is 1. The number of hydrogen-bond donors (Lipinski definition) is 1. The average molecular weight is 358 g/mol. The highest BCUT2D eigenvalue weighted by Gasteiger charge is 2.10. The molecular weight excluding hydrogens is 330 g/mol. The molecule has 0 heterocycles. The molecular formula is C17H28BrNO2. The lowest BCUT2D eigenvalue weighted by molar-refractivity contribution is 0.308. The molecule has 1 aromatic carbocycles. The van der Waals surface area contributed by atoms with E-state index in [1.54, 1.807) is 7.11 Å². The molecule has 4 heteroatoms. The lowest BCUT2D eigenvalue weighted by atomic mass is 10.1. The van der Waals surface area contributed by atoms with Crippen molar-refractivity contribution in [1.29, 1.82) is 0 Å². The summed E-state index contributed by atoms with van der Waals surface area (Å²) >= 11 is 3.56. The van der Waals surface area contributed by atoms with Crippen LogP contribution in [0.15, 0.2) is 16.6 Å². The molecule has 0 unspecified atom stereocenters. The van der Waals surface area contributed by atoms with Crippen molar-refractivity contribution in [3.8, 4) is 11.5 Å². The monoisotopic (exact) mass is 357 g/mol. The zero-order chi connectivity index (χ0) is 15.7. The second kappa shape index (κ2) is 10.1. The molecule has 21 heavy (non-hydrogen) atoms. The van der Waals surface area contributed by atoms with E-state index in [2.05, 4.69) is 41.2 Å². The van der Waals surface area contributed by atoms with Crippen LogP contribution in [-0.4, -0.2) is 20.3 Å². The highest BCUT2D eigenvalue weighted by molar-refractivity contribution is 9.10. The Morgan fingerprint density at radius 1 is 1.24 bits per heavy atom. The molecule has 0 spiro atoms. The minimum absolute atomic E-state index is 0.627. The maximum atomic E-state index is 5.60. The van der Waals surface area contributed by atoms with Crippen molar-refractivity contribution in [1.82, 2.24) is 5.32 Å². The van der Waals surface area contributed by atoms with Gasteiger partial charge in [-0.1, -0.05) is 26.7 Å². The van der Waals surface area contributed by atoms with E-state index in [1.807, 2.05) is 13.0 Å². The predicted octanol–water partition coefficient (Wildman–Crippen LogP) is 4.77. The van der Waals surface area contributed by atoms with Gasteiger partial charge in [-0.3, -0.25) is 0 Å². The molecule has 1 N–H and O–H groups in total. The van der Waals surface area contributed by atoms with E-state index < -0.39 is 0 Å². The molecule has 0 fully saturated rings. The van der Waals surface area contributed by atoms with Gasteiger partial charge in [0.1, 0.15) is 0 Å². The second-order valence-corrected chi connectivity index (χ2v) is 6.46. The molecule has 0 aliphatic carbocycles. The van der Waals surface area contributed by atoms with Gasteiger partial charge in [0, 0.05) is 6.54 Å². The Bertz CT molecular complexity index is 421. The molecule has 3 nitrogen and oxygen atoms in total. The number of hydrogen-bond acceptors (Lipinski definition) is 3. The smallest absolute Gasteiger partial charge is 0.175 e. The first kappa shape index (κ1) is 18.3. The standard InChI is InChI=1S/C17H28BrNO2/c1-5-21-17-15(18)10-14(11-16(17)20-4)12-19-9-7-6-8-13(2)3/h10-11,13,19H,5-9,12H2,1-4H3. The normalized spacial score (nSPS) is 11.0. The number of halogens is 1. The van der Waals surface area contributed by atoms with Crippen LogP contribution < -0.4 is 14.8 Å². The van der Waals surface area contributed by atoms with Crippen molar-refractivity contribution in [3.63, 3.8) is 0 Å². The molecule has 0 amide bonds. The second-order valence-electron chi connectivity index (χ2n) is 5.61. The van der Waals surface area contributed by atoms with Crippen molar-refractivity contribution in [2.75, 3.05) is 20.3 Å². The number of unbranched alkanes of at least 4 members (excludes halogenated alkanes) is 1. The fraction of sp³-hybridized carbons (Fsp3) is 0.647. The summed E-state index contributed by atoms with van der Waals surface area (Å²) in [5.41, 5.74) is 1.20. The summed E-state index contributed by atoms with van der Waals surface area (Å²) in [6.45, 7) is 9.05. The van der Waals surface area contributed by atoms with E-state index >= 15 is 0 Å². The Hall–Kier alpha value is -0.740. The zero-order valence-corrected chi connectivity index (χ0v) is 15.3. The van der Waals surface area contributed by atoms with Crippen LogP contribution in [0.2, 0.25) is 0 Å². The first-order valence-electron chi connectivity index (χ1n) is 7.78. The lowest BCUT2D eigenvalue weighted by Crippen LogP contribution is -2.15. The summed E-state index contributed by atoms with van der Waals surface area (Å²) in [4.78, 5) is 0. The third-order valence-electron chi connectivity index (χ3n) is 3.29. The van der Waals surface area contributed by atoms with E-state index in [4.69, 9.17) is 9.47 Å². The van der Waals surface area contributed by atoms with Crippen molar-refractivity contribution in [3.05, 3.63) is 22.2 Å². The summed E-state index contributed by atoms with van der Waals surface area (Å²) in [6.07, 6.45) is 3.83. The van der Waals surface area contributed by atoms with E-state index in [-0.39, 0.29) is 0 Å². The molecule has 120 valence electrons. The number of methoxy groups -OCH3 is 1. The van der Waals surface area contributed by atoms with Gasteiger partial charge in [0.15, 0.2) is 11.5 Å². The number of nitrogens with one attached hydrogen (secondary N) is 1. The summed E-state index contributed by atoms with van der Waals surface area (Å²) < 4.78 is 12.0. The molecule has 0 aliphatic rings. The minimum Gasteiger partial charge on any atom is -0.493 e. The third kappa shape index (κ3) is 6.70. The molecule has 0 bridgehead atoms. The van der Waals surface area contributed by atoms with E-state index in [0.29, 0.717) is 6.61 Å². The van der Waals surface area contributed by atoms with Crippen LogP contribution in [0.3, 0.4) is 0 Å². The van der Waals surface area contributed by atoms with Crippen LogP contribution in [0.5, 0.6) is 11.5 Å². The van der Waals surface area contributed by atoms with Gasteiger partial charge >= 0.3 is 0 Å². The molecule has 0 radical (unpaired) electrons. The lowest BCUT2D eigenvalue weighted by Gasteiger charge is -2.14. The highest BCUT2D eigenvalue weighted by Crippen LogP contribution is 2.36. The van der Waals surface area contributed by atoms with Crippen molar-refractivity contribution in [2.45, 2.75) is 46.6 Å². The Labute approximate surface area is 137 Å². The maximum Gasteiger partial charge on any atom is 0.175 e. The molecule has 0 aliphatic heterocycles. The molecule has 0 aromatic heterocycles. The fourth-order valence-electron chi connectivity index (χ4n) is 2.20. The van der Waals surface area contributed by atoms with Gasteiger partial charge in [0.2, 0.25) is 0 Å². The quantitative estimate of drug-likeness (QED) is 0.611. The maximum absolute atomic E-state index is 5.60. The zero-order valence-electron chi connectivity index (χ0n) is 13.7. The van der Waals surface area contributed by atoms with Gasteiger partial charge in [0.05, 0.1) is 18.2 Å². The first-order chi connectivity index (χ1) is 10.1. The summed E-state index contributed by atoms with van der Waals surface area (Å²) in [5.74, 6) is 2.36. The average Bonchev–Trinajstić information content (AvgIpc) is 2.44. The van der Waals surface area contributed by atoms with Crippen LogP contribution in [0.4, 0.5) is 0 Å². The Morgan fingerprint density at radius 3 is 2.62 bits per heavy atom. The van der Waals surface area contributed by atoms with Crippen LogP contribution in [0.1, 0.15) is 45.6 Å². The Balaban J connectivity index is 2.47. The summed E-state index contributed by atoms with van der Waals surface area (Å²) in [6, 6.07) is 4.13. The van der Waals surface area contributed by atoms with E-state index in [0.717, 1.165) is 35.0 Å². The van der Waals surface area contributed by atoms with Gasteiger partial charge in [0.25, 0.3) is 0 Å². The first-order valence-corrected chi connectivity index (χ1v) is 8.57. The SMILES string of the molecule is CCOc1c(Br)cc(CNCCCCC(C)C)cc1OC. The number of rotatable bonds is 10. The summed E-state index contributed by atoms with van der Waals surface area (Å²) in [5, 5.41) is 3.49. The minimum atomic E-state index is 0.627. The molecule has 1 rings (SSSR count). The van der Waals surface area contributed by atoms with Gasteiger partial charge < -0.3 is 14.8 Å². The van der Waals surface area contributed by atoms with Crippen molar-refractivity contribution >= 4 is 15.9 Å². The van der Waals surface area contributed by atoms with Gasteiger partial charge in [-0.05, 0) is 59.4 Å². The number of ether oxygens (including phenoxy) is 2. The van der Waals surface area contributed by atoms with E-state index in [1.165, 1.54) is 24.8 Å². The Kier molecular flexibility index (Phi) is 8.77. The van der Waals surface area contributed by atoms with Crippen molar-refractivity contribution in [2.24, 2.45) is 5.92 Å². The molecule has 0 atom stereocenters. The molecule has 0 saturated carbocycles. The largest absolute Gasteiger partial charge is 0.493 e. The van der Waals surface area contributed by atoms with Crippen LogP contribution in [-0.2, 0) is 6.54 Å². The predicted molar refractivity (Wildman–Crippen MR) is 92.3 cm³/mol. The fourth-order valence-corrected chi connectivity index (χ4v) is 2.80. The van der Waals surface area contributed by atoms with Gasteiger partial charge in [-0.2, -0.15) is 0 Å². The van der Waals surface area contributed by atoms with Crippen LogP contribution >= 0.6 is 15.9 Å². The molecule has 0 saturated heterocycles. The van der Waals surface area contributed by atoms with Crippen LogP contribution in [0, 0.1) is 5.92 Å². The topological polar surface area (TPSA) is 30.5 Å². The van der Waals surface area contributed by atoms with Crippen molar-refractivity contribution < 1.29 is 9.47 Å². The Morgan fingerprint density at radius 2 is 2.00 bits per heavy atom.